The first-order chi connectivity index (χ1) is 8.81. The van der Waals surface area contributed by atoms with Crippen molar-refractivity contribution in [3.63, 3.8) is 0 Å². The van der Waals surface area contributed by atoms with Gasteiger partial charge in [0.2, 0.25) is 0 Å². The van der Waals surface area contributed by atoms with Crippen molar-refractivity contribution in [1.29, 1.82) is 0 Å². The number of hydrogen-bond donors (Lipinski definition) is 1. The maximum Gasteiger partial charge on any atom is 0.165 e. The van der Waals surface area contributed by atoms with E-state index in [1.54, 1.807) is 6.07 Å². The fourth-order valence-electron chi connectivity index (χ4n) is 2.07. The van der Waals surface area contributed by atoms with Crippen molar-refractivity contribution >= 4 is 0 Å². The number of benzene rings is 1. The summed E-state index contributed by atoms with van der Waals surface area (Å²) in [6.45, 7) is 4.71. The maximum atomic E-state index is 13.8. The molecule has 18 heavy (non-hydrogen) atoms. The second kappa shape index (κ2) is 6.71. The molecular weight excluding hydrogens is 233 g/mol. The van der Waals surface area contributed by atoms with E-state index in [-0.39, 0.29) is 11.9 Å². The molecule has 4 heteroatoms. The second-order valence-electron chi connectivity index (χ2n) is 4.45. The molecule has 1 atom stereocenters. The number of para-hydroxylation sites is 1. The van der Waals surface area contributed by atoms with Crippen LogP contribution in [-0.2, 0) is 11.3 Å². The lowest BCUT2D eigenvalue weighted by atomic mass is 10.2. The van der Waals surface area contributed by atoms with E-state index in [0.29, 0.717) is 18.9 Å². The molecule has 100 valence electrons. The predicted molar refractivity (Wildman–Crippen MR) is 68.2 cm³/mol. The van der Waals surface area contributed by atoms with E-state index in [0.717, 1.165) is 31.6 Å². The second-order valence-corrected chi connectivity index (χ2v) is 4.45. The Labute approximate surface area is 107 Å². The standard InChI is InChI=1S/C14H20FNO2/c1-2-16-9-11-5-3-7-13(15)14(11)18-10-12-6-4-8-17-12/h3,5,7,12,16H,2,4,6,8-10H2,1H3. The molecule has 1 aromatic carbocycles. The largest absolute Gasteiger partial charge is 0.487 e. The summed E-state index contributed by atoms with van der Waals surface area (Å²) >= 11 is 0. The molecule has 3 nitrogen and oxygen atoms in total. The highest BCUT2D eigenvalue weighted by atomic mass is 19.1. The van der Waals surface area contributed by atoms with Crippen LogP contribution in [0.4, 0.5) is 4.39 Å². The molecule has 1 unspecified atom stereocenters. The van der Waals surface area contributed by atoms with Crippen molar-refractivity contribution in [3.05, 3.63) is 29.6 Å². The number of ether oxygens (including phenoxy) is 2. The topological polar surface area (TPSA) is 30.5 Å². The van der Waals surface area contributed by atoms with Gasteiger partial charge in [-0.25, -0.2) is 4.39 Å². The van der Waals surface area contributed by atoms with Gasteiger partial charge in [0.1, 0.15) is 6.61 Å². The summed E-state index contributed by atoms with van der Waals surface area (Å²) in [7, 11) is 0. The maximum absolute atomic E-state index is 13.8. The van der Waals surface area contributed by atoms with E-state index in [2.05, 4.69) is 5.32 Å². The fraction of sp³-hybridized carbons (Fsp3) is 0.571. The zero-order valence-electron chi connectivity index (χ0n) is 10.7. The number of nitrogens with one attached hydrogen (secondary N) is 1. The molecule has 2 rings (SSSR count). The van der Waals surface area contributed by atoms with Gasteiger partial charge < -0.3 is 14.8 Å². The van der Waals surface area contributed by atoms with Gasteiger partial charge in [-0.2, -0.15) is 0 Å². The first-order valence-electron chi connectivity index (χ1n) is 6.53. The molecule has 1 saturated heterocycles. The van der Waals surface area contributed by atoms with Gasteiger partial charge in [0.05, 0.1) is 6.10 Å². The van der Waals surface area contributed by atoms with Crippen LogP contribution in [0.25, 0.3) is 0 Å². The minimum Gasteiger partial charge on any atom is -0.487 e. The van der Waals surface area contributed by atoms with Gasteiger partial charge in [0.15, 0.2) is 11.6 Å². The van der Waals surface area contributed by atoms with Gasteiger partial charge in [-0.3, -0.25) is 0 Å². The lowest BCUT2D eigenvalue weighted by molar-refractivity contribution is 0.0661. The summed E-state index contributed by atoms with van der Waals surface area (Å²) < 4.78 is 24.8. The number of rotatable bonds is 6. The van der Waals surface area contributed by atoms with Crippen LogP contribution in [-0.4, -0.2) is 25.9 Å². The molecule has 1 N–H and O–H groups in total. The minimum absolute atomic E-state index is 0.108. The average Bonchev–Trinajstić information content (AvgIpc) is 2.88. The Kier molecular flexibility index (Phi) is 4.96. The van der Waals surface area contributed by atoms with E-state index < -0.39 is 0 Å². The number of halogens is 1. The molecule has 0 spiro atoms. The smallest absolute Gasteiger partial charge is 0.165 e. The van der Waals surface area contributed by atoms with Gasteiger partial charge in [-0.1, -0.05) is 19.1 Å². The van der Waals surface area contributed by atoms with E-state index in [9.17, 15) is 4.39 Å². The van der Waals surface area contributed by atoms with Gasteiger partial charge in [-0.15, -0.1) is 0 Å². The van der Waals surface area contributed by atoms with Crippen LogP contribution < -0.4 is 10.1 Å². The zero-order valence-corrected chi connectivity index (χ0v) is 10.7. The Hall–Kier alpha value is -1.13. The van der Waals surface area contributed by atoms with E-state index in [1.165, 1.54) is 6.07 Å². The lowest BCUT2D eigenvalue weighted by Crippen LogP contribution is -2.19. The highest BCUT2D eigenvalue weighted by Crippen LogP contribution is 2.24. The molecule has 0 aromatic heterocycles. The molecular formula is C14H20FNO2. The molecule has 1 aromatic rings. The van der Waals surface area contributed by atoms with E-state index >= 15 is 0 Å². The highest BCUT2D eigenvalue weighted by Gasteiger charge is 2.18. The van der Waals surface area contributed by atoms with Crippen LogP contribution in [0.1, 0.15) is 25.3 Å². The Bertz CT molecular complexity index is 378. The molecule has 0 radical (unpaired) electrons. The van der Waals surface area contributed by atoms with Crippen molar-refractivity contribution in [1.82, 2.24) is 5.32 Å². The highest BCUT2D eigenvalue weighted by molar-refractivity contribution is 5.34. The third-order valence-corrected chi connectivity index (χ3v) is 3.05. The van der Waals surface area contributed by atoms with Crippen LogP contribution in [0.3, 0.4) is 0 Å². The van der Waals surface area contributed by atoms with Gasteiger partial charge in [0.25, 0.3) is 0 Å². The Balaban J connectivity index is 1.99. The molecule has 0 amide bonds. The lowest BCUT2D eigenvalue weighted by Gasteiger charge is -2.15. The molecule has 1 heterocycles. The first-order valence-corrected chi connectivity index (χ1v) is 6.53. The number of hydrogen-bond acceptors (Lipinski definition) is 3. The third kappa shape index (κ3) is 3.43. The molecule has 1 fully saturated rings. The molecule has 0 saturated carbocycles. The van der Waals surface area contributed by atoms with Gasteiger partial charge >= 0.3 is 0 Å². The summed E-state index contributed by atoms with van der Waals surface area (Å²) in [5.74, 6) is 0.0531. The van der Waals surface area contributed by atoms with Crippen molar-refractivity contribution in [3.8, 4) is 5.75 Å². The Morgan fingerprint density at radius 2 is 2.39 bits per heavy atom. The molecule has 0 aliphatic carbocycles. The SMILES string of the molecule is CCNCc1cccc(F)c1OCC1CCCO1. The van der Waals surface area contributed by atoms with Crippen LogP contribution in [0, 0.1) is 5.82 Å². The van der Waals surface area contributed by atoms with Crippen LogP contribution in [0.5, 0.6) is 5.75 Å². The summed E-state index contributed by atoms with van der Waals surface area (Å²) in [6.07, 6.45) is 2.17. The van der Waals surface area contributed by atoms with Gasteiger partial charge in [0, 0.05) is 18.7 Å². The van der Waals surface area contributed by atoms with E-state index in [1.807, 2.05) is 13.0 Å². The quantitative estimate of drug-likeness (QED) is 0.845. The summed E-state index contributed by atoms with van der Waals surface area (Å²) in [5, 5.41) is 3.18. The van der Waals surface area contributed by atoms with Crippen LogP contribution >= 0.6 is 0 Å². The average molecular weight is 253 g/mol. The van der Waals surface area contributed by atoms with Crippen molar-refractivity contribution in [2.45, 2.75) is 32.4 Å². The van der Waals surface area contributed by atoms with Crippen molar-refractivity contribution in [2.24, 2.45) is 0 Å². The van der Waals surface area contributed by atoms with Crippen molar-refractivity contribution in [2.75, 3.05) is 19.8 Å². The van der Waals surface area contributed by atoms with Crippen molar-refractivity contribution < 1.29 is 13.9 Å². The normalized spacial score (nSPS) is 19.1. The molecule has 0 bridgehead atoms. The minimum atomic E-state index is -0.302. The van der Waals surface area contributed by atoms with Crippen LogP contribution in [0.2, 0.25) is 0 Å². The summed E-state index contributed by atoms with van der Waals surface area (Å²) in [4.78, 5) is 0. The monoisotopic (exact) mass is 253 g/mol. The third-order valence-electron chi connectivity index (χ3n) is 3.05. The summed E-state index contributed by atoms with van der Waals surface area (Å²) in [5.41, 5.74) is 0.856. The summed E-state index contributed by atoms with van der Waals surface area (Å²) in [6, 6.07) is 5.03. The van der Waals surface area contributed by atoms with Crippen LogP contribution in [0.15, 0.2) is 18.2 Å². The van der Waals surface area contributed by atoms with E-state index in [4.69, 9.17) is 9.47 Å². The first kappa shape index (κ1) is 13.3. The Morgan fingerprint density at radius 1 is 1.50 bits per heavy atom. The fourth-order valence-corrected chi connectivity index (χ4v) is 2.07. The molecule has 1 aliphatic heterocycles. The van der Waals surface area contributed by atoms with Gasteiger partial charge in [-0.05, 0) is 25.5 Å². The zero-order chi connectivity index (χ0) is 12.8. The predicted octanol–water partition coefficient (Wildman–Crippen LogP) is 2.49. The Morgan fingerprint density at radius 3 is 3.11 bits per heavy atom. The molecule has 1 aliphatic rings.